The molecule has 5 aromatic rings. The molecule has 7 rings (SSSR count). The molecule has 44 heavy (non-hydrogen) atoms. The summed E-state index contributed by atoms with van der Waals surface area (Å²) < 4.78 is 80.6. The van der Waals surface area contributed by atoms with Gasteiger partial charge in [-0.1, -0.05) is 12.1 Å². The van der Waals surface area contributed by atoms with Gasteiger partial charge in [0, 0.05) is 35.3 Å². The number of nitrogens with two attached hydrogens (primary N) is 1. The van der Waals surface area contributed by atoms with Crippen LogP contribution in [0.2, 0.25) is 0 Å². The zero-order valence-electron chi connectivity index (χ0n) is 26.7. The lowest BCUT2D eigenvalue weighted by Gasteiger charge is -2.18. The molecule has 1 aliphatic heterocycles. The Hall–Kier alpha value is -4.59. The van der Waals surface area contributed by atoms with Gasteiger partial charge in [-0.05, 0) is 49.4 Å². The molecule has 11 nitrogen and oxygen atoms in total. The molecular weight excluding hydrogens is 579 g/mol. The van der Waals surface area contributed by atoms with E-state index in [1.807, 2.05) is 26.0 Å². The molecule has 0 saturated heterocycles. The van der Waals surface area contributed by atoms with Crippen LogP contribution in [0.15, 0.2) is 35.4 Å². The van der Waals surface area contributed by atoms with Crippen molar-refractivity contribution < 1.29 is 31.6 Å². The summed E-state index contributed by atoms with van der Waals surface area (Å²) in [5, 5.41) is 3.97. The van der Waals surface area contributed by atoms with Crippen molar-refractivity contribution in [1.29, 1.82) is 0 Å². The minimum Gasteiger partial charge on any atom is -0.446 e. The maximum Gasteiger partial charge on any atom is 0.404 e. The number of halogens is 3. The first-order valence-corrected chi connectivity index (χ1v) is 14.1. The molecule has 14 heteroatoms. The van der Waals surface area contributed by atoms with Crippen LogP contribution >= 0.6 is 0 Å². The summed E-state index contributed by atoms with van der Waals surface area (Å²) in [5.41, 5.74) is 7.03. The number of aryl methyl sites for hydroxylation is 1. The Morgan fingerprint density at radius 3 is 2.91 bits per heavy atom. The van der Waals surface area contributed by atoms with E-state index >= 15 is 4.39 Å². The highest BCUT2D eigenvalue weighted by atomic mass is 19.3. The fourth-order valence-electron chi connectivity index (χ4n) is 6.69. The van der Waals surface area contributed by atoms with Crippen molar-refractivity contribution in [2.24, 2.45) is 12.7 Å². The number of alkyl halides is 2. The number of pyridine rings is 1. The minimum atomic E-state index is -2.89. The Bertz CT molecular complexity index is 2130. The average Bonchev–Trinajstić information content (AvgIpc) is 3.76. The van der Waals surface area contributed by atoms with Crippen LogP contribution in [0.1, 0.15) is 54.4 Å². The molecule has 2 aliphatic rings. The fourth-order valence-corrected chi connectivity index (χ4v) is 6.69. The van der Waals surface area contributed by atoms with E-state index in [-0.39, 0.29) is 34.4 Å². The Morgan fingerprint density at radius 1 is 1.34 bits per heavy atom. The van der Waals surface area contributed by atoms with Crippen LogP contribution in [0.4, 0.5) is 18.0 Å². The molecule has 1 aliphatic carbocycles. The molecule has 1 fully saturated rings. The average molecular weight is 613 g/mol. The number of H-pyrrole nitrogens is 1. The summed E-state index contributed by atoms with van der Waals surface area (Å²) in [6.45, 7) is 0.435. The third kappa shape index (κ3) is 4.38. The number of amides is 1. The van der Waals surface area contributed by atoms with Crippen molar-refractivity contribution in [3.8, 4) is 22.4 Å². The highest BCUT2D eigenvalue weighted by Gasteiger charge is 2.35. The summed E-state index contributed by atoms with van der Waals surface area (Å²) in [4.78, 5) is 33.1. The molecular formula is C30H30F3N7O4. The zero-order chi connectivity index (χ0) is 33.6. The van der Waals surface area contributed by atoms with Crippen LogP contribution < -0.4 is 11.4 Å². The van der Waals surface area contributed by atoms with Crippen LogP contribution in [-0.2, 0) is 35.2 Å². The smallest absolute Gasteiger partial charge is 0.404 e. The number of carbonyl (C=O) groups excluding carboxylic acids is 1. The standard InChI is InChI=1S/C30H30F3N7O4/c1-30(2)19-7-4-14(8-15(19)13-43-30)22-23-25-20(38(3)29(42)40(25)16-5-6-17(9-16)44-28(34)41)10-35-27(23)36-24(22)18-11-39(12-21(31)32)37-26(18)33/h4,7-8,10-11,16-17,21H,5-6,9,12-13H2,1-3H3,(H2,34,41)(H,35,36)/t16-,17-/m1/s1/i3D3. The van der Waals surface area contributed by atoms with E-state index in [4.69, 9.17) is 19.3 Å². The van der Waals surface area contributed by atoms with E-state index in [0.717, 1.165) is 22.0 Å². The predicted molar refractivity (Wildman–Crippen MR) is 155 cm³/mol. The number of ether oxygens (including phenoxy) is 2. The first kappa shape index (κ1) is 24.8. The topological polar surface area (TPSA) is 135 Å². The van der Waals surface area contributed by atoms with Crippen molar-refractivity contribution in [3.05, 3.63) is 58.2 Å². The van der Waals surface area contributed by atoms with Gasteiger partial charge in [-0.3, -0.25) is 13.8 Å². The molecule has 3 N–H and O–H groups in total. The molecule has 4 aromatic heterocycles. The number of fused-ring (bicyclic) bond motifs is 4. The second-order valence-corrected chi connectivity index (χ2v) is 11.7. The summed E-state index contributed by atoms with van der Waals surface area (Å²) in [7, 11) is 0. The summed E-state index contributed by atoms with van der Waals surface area (Å²) in [6.07, 6.45) is -0.972. The van der Waals surface area contributed by atoms with Crippen molar-refractivity contribution in [1.82, 2.24) is 28.9 Å². The Kier molecular flexibility index (Phi) is 5.62. The number of aromatic nitrogens is 6. The lowest BCUT2D eigenvalue weighted by Crippen LogP contribution is -2.26. The third-order valence-electron chi connectivity index (χ3n) is 8.60. The van der Waals surface area contributed by atoms with Crippen molar-refractivity contribution in [3.63, 3.8) is 0 Å². The molecule has 1 amide bonds. The van der Waals surface area contributed by atoms with Crippen LogP contribution in [0, 0.1) is 5.95 Å². The summed E-state index contributed by atoms with van der Waals surface area (Å²) in [5.74, 6) is -1.01. The molecule has 0 spiro atoms. The number of benzene rings is 1. The molecule has 2 atom stereocenters. The molecule has 5 heterocycles. The quantitative estimate of drug-likeness (QED) is 0.274. The first-order chi connectivity index (χ1) is 22.1. The molecule has 0 radical (unpaired) electrons. The summed E-state index contributed by atoms with van der Waals surface area (Å²) in [6, 6.07) is 4.96. The second-order valence-electron chi connectivity index (χ2n) is 11.7. The van der Waals surface area contributed by atoms with Gasteiger partial charge in [0.1, 0.15) is 18.3 Å². The molecule has 1 saturated carbocycles. The van der Waals surface area contributed by atoms with E-state index in [9.17, 15) is 18.4 Å². The SMILES string of the molecule is [2H]C([2H])([2H])n1c(=O)n([C@@H]2CC[C@@H](OC(N)=O)C2)c2c3c(-c4ccc5c(c4)COC5(C)C)c(-c4cn(CC(F)F)nc4F)[nH]c3ncc21. The van der Waals surface area contributed by atoms with Gasteiger partial charge in [-0.25, -0.2) is 23.4 Å². The van der Waals surface area contributed by atoms with Crippen LogP contribution in [0.3, 0.4) is 0 Å². The van der Waals surface area contributed by atoms with Crippen molar-refractivity contribution in [2.45, 2.75) is 70.4 Å². The number of imidazole rings is 1. The normalized spacial score (nSPS) is 20.7. The highest BCUT2D eigenvalue weighted by molar-refractivity contribution is 6.14. The van der Waals surface area contributed by atoms with Gasteiger partial charge in [0.15, 0.2) is 0 Å². The Morgan fingerprint density at radius 2 is 2.16 bits per heavy atom. The summed E-state index contributed by atoms with van der Waals surface area (Å²) >= 11 is 0. The van der Waals surface area contributed by atoms with Crippen LogP contribution in [0.5, 0.6) is 0 Å². The number of aromatic amines is 1. The number of nitrogens with zero attached hydrogens (tertiary/aromatic N) is 5. The third-order valence-corrected chi connectivity index (χ3v) is 8.60. The van der Waals surface area contributed by atoms with E-state index in [0.29, 0.717) is 40.5 Å². The van der Waals surface area contributed by atoms with Crippen LogP contribution in [0.25, 0.3) is 44.5 Å². The zero-order valence-corrected chi connectivity index (χ0v) is 23.7. The van der Waals surface area contributed by atoms with E-state index in [2.05, 4.69) is 15.1 Å². The van der Waals surface area contributed by atoms with Gasteiger partial charge in [-0.15, -0.1) is 5.10 Å². The molecule has 230 valence electrons. The Labute approximate surface area is 252 Å². The lowest BCUT2D eigenvalue weighted by molar-refractivity contribution is -0.00789. The maximum atomic E-state index is 15.5. The molecule has 0 unspecified atom stereocenters. The number of nitrogens with one attached hydrogen (secondary N) is 1. The first-order valence-electron chi connectivity index (χ1n) is 15.6. The van der Waals surface area contributed by atoms with Crippen LogP contribution in [-0.4, -0.2) is 47.5 Å². The Balaban J connectivity index is 1.56. The van der Waals surface area contributed by atoms with Crippen molar-refractivity contribution in [2.75, 3.05) is 0 Å². The number of hydrogen-bond donors (Lipinski definition) is 2. The van der Waals surface area contributed by atoms with Gasteiger partial charge in [-0.2, -0.15) is 4.39 Å². The van der Waals surface area contributed by atoms with Gasteiger partial charge >= 0.3 is 11.8 Å². The minimum absolute atomic E-state index is 0.00747. The largest absolute Gasteiger partial charge is 0.446 e. The van der Waals surface area contributed by atoms with Gasteiger partial charge in [0.25, 0.3) is 6.43 Å². The lowest BCUT2D eigenvalue weighted by atomic mass is 9.91. The van der Waals surface area contributed by atoms with Gasteiger partial charge in [0.05, 0.1) is 46.1 Å². The van der Waals surface area contributed by atoms with Crippen molar-refractivity contribution >= 4 is 28.2 Å². The van der Waals surface area contributed by atoms with Gasteiger partial charge < -0.3 is 20.2 Å². The number of rotatable bonds is 6. The fraction of sp³-hybridized carbons (Fsp3) is 0.400. The number of hydrogen-bond acceptors (Lipinski definition) is 6. The maximum absolute atomic E-state index is 15.5. The van der Waals surface area contributed by atoms with Gasteiger partial charge in [0.2, 0.25) is 5.95 Å². The molecule has 1 aromatic carbocycles. The second kappa shape index (κ2) is 9.97. The van der Waals surface area contributed by atoms with E-state index < -0.39 is 55.4 Å². The molecule has 0 bridgehead atoms. The predicted octanol–water partition coefficient (Wildman–Crippen LogP) is 5.11. The van der Waals surface area contributed by atoms with E-state index in [1.165, 1.54) is 10.8 Å². The van der Waals surface area contributed by atoms with E-state index in [1.54, 1.807) is 6.07 Å². The number of carbonyl (C=O) groups is 1. The number of primary amides is 1. The highest BCUT2D eigenvalue weighted by Crippen LogP contribution is 2.45. The monoisotopic (exact) mass is 612 g/mol.